The molecule has 1 N–H and O–H groups in total. The van der Waals surface area contributed by atoms with Gasteiger partial charge in [0.05, 0.1) is 13.7 Å². The van der Waals surface area contributed by atoms with E-state index in [0.29, 0.717) is 26.0 Å². The molecule has 0 spiro atoms. The number of amides is 1. The number of ether oxygens (including phenoxy) is 2. The van der Waals surface area contributed by atoms with Crippen LogP contribution in [0.5, 0.6) is 5.75 Å². The van der Waals surface area contributed by atoms with E-state index in [2.05, 4.69) is 17.0 Å². The molecule has 0 atom stereocenters. The summed E-state index contributed by atoms with van der Waals surface area (Å²) < 4.78 is 10.0. The number of methoxy groups -OCH3 is 1. The Bertz CT molecular complexity index is 494. The van der Waals surface area contributed by atoms with Crippen LogP contribution in [0.3, 0.4) is 0 Å². The van der Waals surface area contributed by atoms with Crippen LogP contribution in [0.1, 0.15) is 31.7 Å². The van der Waals surface area contributed by atoms with Crippen molar-refractivity contribution in [2.45, 2.75) is 26.2 Å². The summed E-state index contributed by atoms with van der Waals surface area (Å²) in [7, 11) is 1.35. The summed E-state index contributed by atoms with van der Waals surface area (Å²) >= 11 is 0. The normalized spacial score (nSPS) is 10.5. The van der Waals surface area contributed by atoms with E-state index < -0.39 is 0 Å². The Balaban J connectivity index is 2.31. The number of rotatable bonds is 9. The molecular weight excluding hydrogens is 282 g/mol. The van der Waals surface area contributed by atoms with Crippen molar-refractivity contribution in [3.63, 3.8) is 0 Å². The van der Waals surface area contributed by atoms with Gasteiger partial charge in [0, 0.05) is 19.0 Å². The number of hydrogen-bond acceptors (Lipinski definition) is 4. The van der Waals surface area contributed by atoms with Crippen LogP contribution in [0.2, 0.25) is 0 Å². The van der Waals surface area contributed by atoms with Crippen molar-refractivity contribution in [2.24, 2.45) is 0 Å². The third-order valence-corrected chi connectivity index (χ3v) is 2.86. The fourth-order valence-electron chi connectivity index (χ4n) is 1.67. The third-order valence-electron chi connectivity index (χ3n) is 2.86. The van der Waals surface area contributed by atoms with Crippen LogP contribution in [-0.4, -0.2) is 32.1 Å². The second-order valence-corrected chi connectivity index (χ2v) is 4.72. The van der Waals surface area contributed by atoms with Crippen LogP contribution in [0.4, 0.5) is 0 Å². The molecule has 1 rings (SSSR count). The topological polar surface area (TPSA) is 64.6 Å². The molecule has 120 valence electrons. The fraction of sp³-hybridized carbons (Fsp3) is 0.412. The highest BCUT2D eigenvalue weighted by atomic mass is 16.5. The minimum absolute atomic E-state index is 0.184. The van der Waals surface area contributed by atoms with Gasteiger partial charge in [-0.05, 0) is 36.6 Å². The minimum Gasteiger partial charge on any atom is -0.494 e. The molecule has 0 fully saturated rings. The SMILES string of the molecule is CCCOc1ccc(/C=C/C(=O)NCCCC(=O)OC)cc1. The highest BCUT2D eigenvalue weighted by Gasteiger charge is 2.00. The van der Waals surface area contributed by atoms with Gasteiger partial charge >= 0.3 is 5.97 Å². The van der Waals surface area contributed by atoms with Crippen LogP contribution in [0.15, 0.2) is 30.3 Å². The van der Waals surface area contributed by atoms with E-state index >= 15 is 0 Å². The largest absolute Gasteiger partial charge is 0.494 e. The van der Waals surface area contributed by atoms with Crippen LogP contribution in [-0.2, 0) is 14.3 Å². The van der Waals surface area contributed by atoms with Gasteiger partial charge < -0.3 is 14.8 Å². The molecule has 0 unspecified atom stereocenters. The van der Waals surface area contributed by atoms with Crippen molar-refractivity contribution in [1.29, 1.82) is 0 Å². The lowest BCUT2D eigenvalue weighted by molar-refractivity contribution is -0.140. The quantitative estimate of drug-likeness (QED) is 0.432. The predicted molar refractivity (Wildman–Crippen MR) is 85.5 cm³/mol. The van der Waals surface area contributed by atoms with Crippen molar-refractivity contribution in [2.75, 3.05) is 20.3 Å². The second-order valence-electron chi connectivity index (χ2n) is 4.72. The van der Waals surface area contributed by atoms with Crippen molar-refractivity contribution in [3.05, 3.63) is 35.9 Å². The Morgan fingerprint density at radius 1 is 1.23 bits per heavy atom. The van der Waals surface area contributed by atoms with Gasteiger partial charge in [-0.15, -0.1) is 0 Å². The smallest absolute Gasteiger partial charge is 0.305 e. The molecule has 1 amide bonds. The molecule has 22 heavy (non-hydrogen) atoms. The molecule has 5 heteroatoms. The first-order valence-corrected chi connectivity index (χ1v) is 7.41. The molecule has 0 radical (unpaired) electrons. The number of esters is 1. The lowest BCUT2D eigenvalue weighted by Gasteiger charge is -2.04. The summed E-state index contributed by atoms with van der Waals surface area (Å²) in [6.45, 7) is 3.20. The fourth-order valence-corrected chi connectivity index (χ4v) is 1.67. The van der Waals surface area contributed by atoms with E-state index in [1.807, 2.05) is 24.3 Å². The maximum Gasteiger partial charge on any atom is 0.305 e. The van der Waals surface area contributed by atoms with Crippen molar-refractivity contribution in [1.82, 2.24) is 5.32 Å². The van der Waals surface area contributed by atoms with Crippen molar-refractivity contribution < 1.29 is 19.1 Å². The molecule has 5 nitrogen and oxygen atoms in total. The Morgan fingerprint density at radius 2 is 1.95 bits per heavy atom. The first-order valence-electron chi connectivity index (χ1n) is 7.41. The van der Waals surface area contributed by atoms with Crippen LogP contribution < -0.4 is 10.1 Å². The first kappa shape index (κ1) is 17.8. The Hall–Kier alpha value is -2.30. The highest BCUT2D eigenvalue weighted by Crippen LogP contribution is 2.13. The highest BCUT2D eigenvalue weighted by molar-refractivity contribution is 5.91. The number of benzene rings is 1. The van der Waals surface area contributed by atoms with Crippen LogP contribution in [0, 0.1) is 0 Å². The van der Waals surface area contributed by atoms with E-state index in [-0.39, 0.29) is 11.9 Å². The maximum absolute atomic E-state index is 11.6. The molecule has 0 aliphatic heterocycles. The Kier molecular flexibility index (Phi) is 8.42. The number of hydrogen-bond donors (Lipinski definition) is 1. The Labute approximate surface area is 131 Å². The molecule has 1 aromatic rings. The van der Waals surface area contributed by atoms with E-state index in [9.17, 15) is 9.59 Å². The Morgan fingerprint density at radius 3 is 2.59 bits per heavy atom. The average Bonchev–Trinajstić information content (AvgIpc) is 2.55. The second kappa shape index (κ2) is 10.4. The van der Waals surface area contributed by atoms with Crippen molar-refractivity contribution in [3.8, 4) is 5.75 Å². The predicted octanol–water partition coefficient (Wildman–Crippen LogP) is 2.56. The van der Waals surface area contributed by atoms with E-state index in [0.717, 1.165) is 17.7 Å². The number of carbonyl (C=O) groups is 2. The average molecular weight is 305 g/mol. The molecule has 1 aromatic carbocycles. The minimum atomic E-state index is -0.268. The maximum atomic E-state index is 11.6. The molecule has 0 saturated heterocycles. The lowest BCUT2D eigenvalue weighted by Crippen LogP contribution is -2.22. The van der Waals surface area contributed by atoms with Gasteiger partial charge in [-0.1, -0.05) is 19.1 Å². The van der Waals surface area contributed by atoms with Gasteiger partial charge in [0.15, 0.2) is 0 Å². The molecule has 0 aliphatic carbocycles. The van der Waals surface area contributed by atoms with Crippen LogP contribution >= 0.6 is 0 Å². The zero-order valence-corrected chi connectivity index (χ0v) is 13.1. The van der Waals surface area contributed by atoms with Crippen LogP contribution in [0.25, 0.3) is 6.08 Å². The third kappa shape index (κ3) is 7.47. The number of nitrogens with one attached hydrogen (secondary N) is 1. The van der Waals surface area contributed by atoms with Gasteiger partial charge in [0.1, 0.15) is 5.75 Å². The van der Waals surface area contributed by atoms with E-state index in [1.54, 1.807) is 6.08 Å². The summed E-state index contributed by atoms with van der Waals surface area (Å²) in [4.78, 5) is 22.5. The summed E-state index contributed by atoms with van der Waals surface area (Å²) in [5, 5.41) is 2.71. The summed E-state index contributed by atoms with van der Waals surface area (Å²) in [6.07, 6.45) is 5.05. The van der Waals surface area contributed by atoms with Crippen molar-refractivity contribution >= 4 is 18.0 Å². The molecule has 0 aliphatic rings. The lowest BCUT2D eigenvalue weighted by atomic mass is 10.2. The van der Waals surface area contributed by atoms with E-state index in [4.69, 9.17) is 4.74 Å². The molecule has 0 heterocycles. The van der Waals surface area contributed by atoms with Gasteiger partial charge in [-0.2, -0.15) is 0 Å². The zero-order valence-electron chi connectivity index (χ0n) is 13.1. The standard InChI is InChI=1S/C17H23NO4/c1-3-13-22-15-9-6-14(7-10-15)8-11-16(19)18-12-4-5-17(20)21-2/h6-11H,3-5,12-13H2,1-2H3,(H,18,19)/b11-8+. The number of carbonyl (C=O) groups excluding carboxylic acids is 2. The first-order chi connectivity index (χ1) is 10.7. The molecule has 0 saturated carbocycles. The zero-order chi connectivity index (χ0) is 16.2. The molecule has 0 bridgehead atoms. The summed E-state index contributed by atoms with van der Waals surface area (Å²) in [6, 6.07) is 7.55. The van der Waals surface area contributed by atoms with E-state index in [1.165, 1.54) is 13.2 Å². The molecule has 0 aromatic heterocycles. The summed E-state index contributed by atoms with van der Waals surface area (Å²) in [5.41, 5.74) is 0.925. The monoisotopic (exact) mass is 305 g/mol. The van der Waals surface area contributed by atoms with Gasteiger partial charge in [-0.3, -0.25) is 9.59 Å². The van der Waals surface area contributed by atoms with Gasteiger partial charge in [0.2, 0.25) is 5.91 Å². The summed E-state index contributed by atoms with van der Waals surface area (Å²) in [5.74, 6) is 0.373. The molecular formula is C17H23NO4. The van der Waals surface area contributed by atoms with Gasteiger partial charge in [-0.25, -0.2) is 0 Å². The van der Waals surface area contributed by atoms with Gasteiger partial charge in [0.25, 0.3) is 0 Å².